The average molecular weight is 268 g/mol. The van der Waals surface area contributed by atoms with Crippen molar-refractivity contribution >= 4 is 12.0 Å². The zero-order valence-electron chi connectivity index (χ0n) is 10.7. The number of nitrogens with zero attached hydrogens (tertiary/aromatic N) is 1. The van der Waals surface area contributed by atoms with Crippen LogP contribution in [0.3, 0.4) is 0 Å². The molecule has 2 N–H and O–H groups in total. The van der Waals surface area contributed by atoms with Crippen LogP contribution < -0.4 is 5.32 Å². The van der Waals surface area contributed by atoms with Gasteiger partial charge in [0.2, 0.25) is 0 Å². The van der Waals surface area contributed by atoms with Gasteiger partial charge in [0.05, 0.1) is 6.42 Å². The number of carbonyl (C=O) groups is 2. The molecule has 5 nitrogen and oxygen atoms in total. The molecule has 2 amide bonds. The quantitative estimate of drug-likeness (QED) is 0.821. The Hall–Kier alpha value is -2.11. The zero-order valence-corrected chi connectivity index (χ0v) is 10.7. The van der Waals surface area contributed by atoms with E-state index >= 15 is 0 Å². The Morgan fingerprint density at radius 3 is 2.68 bits per heavy atom. The second-order valence-electron chi connectivity index (χ2n) is 4.14. The highest BCUT2D eigenvalue weighted by Gasteiger charge is 2.09. The van der Waals surface area contributed by atoms with E-state index in [1.807, 2.05) is 0 Å². The number of rotatable bonds is 6. The maximum absolute atomic E-state index is 13.3. The molecule has 0 radical (unpaired) electrons. The third-order valence-electron chi connectivity index (χ3n) is 2.64. The van der Waals surface area contributed by atoms with Gasteiger partial charge in [-0.1, -0.05) is 18.2 Å². The van der Waals surface area contributed by atoms with Crippen LogP contribution in [0.1, 0.15) is 12.0 Å². The van der Waals surface area contributed by atoms with Gasteiger partial charge in [-0.15, -0.1) is 0 Å². The van der Waals surface area contributed by atoms with E-state index in [0.29, 0.717) is 18.5 Å². The van der Waals surface area contributed by atoms with E-state index in [4.69, 9.17) is 5.11 Å². The van der Waals surface area contributed by atoms with Crippen LogP contribution in [0.25, 0.3) is 0 Å². The SMILES string of the molecule is CN(CCC(=O)O)C(=O)NCCc1ccccc1F. The summed E-state index contributed by atoms with van der Waals surface area (Å²) in [6.45, 7) is 0.443. The normalized spacial score (nSPS) is 10.0. The summed E-state index contributed by atoms with van der Waals surface area (Å²) in [7, 11) is 1.52. The van der Waals surface area contributed by atoms with E-state index in [2.05, 4.69) is 5.32 Å². The van der Waals surface area contributed by atoms with Gasteiger partial charge < -0.3 is 15.3 Å². The molecule has 0 fully saturated rings. The van der Waals surface area contributed by atoms with Crippen molar-refractivity contribution in [3.05, 3.63) is 35.6 Å². The van der Waals surface area contributed by atoms with Crippen molar-refractivity contribution in [2.45, 2.75) is 12.8 Å². The monoisotopic (exact) mass is 268 g/mol. The molecule has 104 valence electrons. The molecule has 0 spiro atoms. The highest BCUT2D eigenvalue weighted by atomic mass is 19.1. The van der Waals surface area contributed by atoms with Crippen LogP contribution in [-0.4, -0.2) is 42.1 Å². The molecule has 1 rings (SSSR count). The lowest BCUT2D eigenvalue weighted by Crippen LogP contribution is -2.39. The number of carboxylic acid groups (broad SMARTS) is 1. The van der Waals surface area contributed by atoms with Gasteiger partial charge in [0.25, 0.3) is 0 Å². The molecule has 19 heavy (non-hydrogen) atoms. The first-order valence-corrected chi connectivity index (χ1v) is 5.95. The summed E-state index contributed by atoms with van der Waals surface area (Å²) in [6, 6.07) is 6.01. The Bertz CT molecular complexity index is 451. The summed E-state index contributed by atoms with van der Waals surface area (Å²) in [5.41, 5.74) is 0.538. The van der Waals surface area contributed by atoms with Crippen LogP contribution >= 0.6 is 0 Å². The lowest BCUT2D eigenvalue weighted by molar-refractivity contribution is -0.137. The van der Waals surface area contributed by atoms with Gasteiger partial charge >= 0.3 is 12.0 Å². The summed E-state index contributed by atoms with van der Waals surface area (Å²) in [6.07, 6.45) is 0.294. The van der Waals surface area contributed by atoms with E-state index in [1.54, 1.807) is 18.2 Å². The van der Waals surface area contributed by atoms with Crippen molar-refractivity contribution < 1.29 is 19.1 Å². The number of urea groups is 1. The predicted molar refractivity (Wildman–Crippen MR) is 68.4 cm³/mol. The lowest BCUT2D eigenvalue weighted by Gasteiger charge is -2.16. The molecule has 0 aliphatic carbocycles. The van der Waals surface area contributed by atoms with Gasteiger partial charge in [-0.05, 0) is 18.1 Å². The number of hydrogen-bond acceptors (Lipinski definition) is 2. The van der Waals surface area contributed by atoms with Gasteiger partial charge in [0, 0.05) is 20.1 Å². The first-order valence-electron chi connectivity index (χ1n) is 5.95. The fourth-order valence-corrected chi connectivity index (χ4v) is 1.51. The van der Waals surface area contributed by atoms with Crippen molar-refractivity contribution in [2.75, 3.05) is 20.1 Å². The topological polar surface area (TPSA) is 69.6 Å². The van der Waals surface area contributed by atoms with E-state index in [0.717, 1.165) is 0 Å². The molecule has 0 heterocycles. The number of nitrogens with one attached hydrogen (secondary N) is 1. The fourth-order valence-electron chi connectivity index (χ4n) is 1.51. The smallest absolute Gasteiger partial charge is 0.317 e. The number of hydrogen-bond donors (Lipinski definition) is 2. The van der Waals surface area contributed by atoms with Gasteiger partial charge in [0.1, 0.15) is 5.82 Å². The maximum Gasteiger partial charge on any atom is 0.317 e. The Morgan fingerprint density at radius 1 is 1.37 bits per heavy atom. The minimum absolute atomic E-state index is 0.1000. The first-order chi connectivity index (χ1) is 9.00. The molecular formula is C13H17FN2O3. The van der Waals surface area contributed by atoms with Crippen LogP contribution in [0.15, 0.2) is 24.3 Å². The number of halogens is 1. The zero-order chi connectivity index (χ0) is 14.3. The van der Waals surface area contributed by atoms with Gasteiger partial charge in [0.15, 0.2) is 0 Å². The first kappa shape index (κ1) is 14.9. The molecule has 6 heteroatoms. The third-order valence-corrected chi connectivity index (χ3v) is 2.64. The molecule has 0 saturated heterocycles. The van der Waals surface area contributed by atoms with Crippen molar-refractivity contribution in [3.8, 4) is 0 Å². The molecule has 0 aliphatic heterocycles. The van der Waals surface area contributed by atoms with Crippen molar-refractivity contribution in [1.29, 1.82) is 0 Å². The van der Waals surface area contributed by atoms with Crippen LogP contribution in [0.5, 0.6) is 0 Å². The molecule has 1 aromatic rings. The predicted octanol–water partition coefficient (Wildman–Crippen LogP) is 1.48. The van der Waals surface area contributed by atoms with Crippen molar-refractivity contribution in [1.82, 2.24) is 10.2 Å². The minimum Gasteiger partial charge on any atom is -0.481 e. The van der Waals surface area contributed by atoms with E-state index in [1.165, 1.54) is 18.0 Å². The third kappa shape index (κ3) is 5.37. The summed E-state index contributed by atoms with van der Waals surface area (Å²) in [5.74, 6) is -1.25. The second-order valence-corrected chi connectivity index (χ2v) is 4.14. The van der Waals surface area contributed by atoms with Crippen LogP contribution in [0.2, 0.25) is 0 Å². The number of amides is 2. The summed E-state index contributed by atoms with van der Waals surface area (Å²) in [5, 5.41) is 11.1. The summed E-state index contributed by atoms with van der Waals surface area (Å²) < 4.78 is 13.3. The highest BCUT2D eigenvalue weighted by molar-refractivity contribution is 5.74. The van der Waals surface area contributed by atoms with E-state index in [-0.39, 0.29) is 24.8 Å². The number of benzene rings is 1. The minimum atomic E-state index is -0.953. The number of aliphatic carboxylic acids is 1. The van der Waals surface area contributed by atoms with Gasteiger partial charge in [-0.2, -0.15) is 0 Å². The molecule has 1 aromatic carbocycles. The number of carboxylic acids is 1. The lowest BCUT2D eigenvalue weighted by atomic mass is 10.1. The summed E-state index contributed by atoms with van der Waals surface area (Å²) in [4.78, 5) is 23.2. The molecular weight excluding hydrogens is 251 g/mol. The van der Waals surface area contributed by atoms with Gasteiger partial charge in [-0.25, -0.2) is 9.18 Å². The summed E-state index contributed by atoms with van der Waals surface area (Å²) >= 11 is 0. The standard InChI is InChI=1S/C13H17FN2O3/c1-16(9-7-12(17)18)13(19)15-8-6-10-4-2-3-5-11(10)14/h2-5H,6-9H2,1H3,(H,15,19)(H,17,18). The molecule has 0 atom stereocenters. The Labute approximate surface area is 111 Å². The fraction of sp³-hybridized carbons (Fsp3) is 0.385. The van der Waals surface area contributed by atoms with Crippen LogP contribution in [0.4, 0.5) is 9.18 Å². The number of carbonyl (C=O) groups excluding carboxylic acids is 1. The van der Waals surface area contributed by atoms with E-state index < -0.39 is 5.97 Å². The van der Waals surface area contributed by atoms with Crippen molar-refractivity contribution in [3.63, 3.8) is 0 Å². The Kier molecular flexibility index (Phi) is 5.78. The van der Waals surface area contributed by atoms with Crippen molar-refractivity contribution in [2.24, 2.45) is 0 Å². The highest BCUT2D eigenvalue weighted by Crippen LogP contribution is 2.06. The van der Waals surface area contributed by atoms with E-state index in [9.17, 15) is 14.0 Å². The van der Waals surface area contributed by atoms with Crippen LogP contribution in [-0.2, 0) is 11.2 Å². The van der Waals surface area contributed by atoms with Crippen LogP contribution in [0, 0.1) is 5.82 Å². The largest absolute Gasteiger partial charge is 0.481 e. The molecule has 0 aromatic heterocycles. The molecule has 0 saturated carbocycles. The molecule has 0 unspecified atom stereocenters. The Balaban J connectivity index is 2.31. The molecule has 0 aliphatic rings. The Morgan fingerprint density at radius 2 is 2.05 bits per heavy atom. The maximum atomic E-state index is 13.3. The average Bonchev–Trinajstić information content (AvgIpc) is 2.38. The molecule has 0 bridgehead atoms. The van der Waals surface area contributed by atoms with Gasteiger partial charge in [-0.3, -0.25) is 4.79 Å². The second kappa shape index (κ2) is 7.35.